The topological polar surface area (TPSA) is 305 Å². The van der Waals surface area contributed by atoms with Crippen LogP contribution in [0.15, 0.2) is 12.2 Å². The fraction of sp³-hybridized carbons (Fsp3) is 0.803. The zero-order valence-electron chi connectivity index (χ0n) is 59.9. The van der Waals surface area contributed by atoms with E-state index in [0.717, 1.165) is 4.90 Å². The summed E-state index contributed by atoms with van der Waals surface area (Å²) in [6.45, 7) is 31.9. The van der Waals surface area contributed by atoms with E-state index in [1.165, 1.54) is 104 Å². The van der Waals surface area contributed by atoms with Crippen molar-refractivity contribution in [3.63, 3.8) is 0 Å². The summed E-state index contributed by atoms with van der Waals surface area (Å²) in [6, 6.07) is -13.9. The van der Waals surface area contributed by atoms with Crippen molar-refractivity contribution in [2.45, 2.75) is 229 Å². The van der Waals surface area contributed by atoms with E-state index in [4.69, 9.17) is 5.73 Å². The second-order valence-electron chi connectivity index (χ2n) is 27.9. The Labute approximate surface area is 549 Å². The summed E-state index contributed by atoms with van der Waals surface area (Å²) in [5.41, 5.74) is 5.93. The minimum absolute atomic E-state index is 0.0213. The number of nitrogens with two attached hydrogens (primary N) is 1. The summed E-state index contributed by atoms with van der Waals surface area (Å²) >= 11 is 1.30. The van der Waals surface area contributed by atoms with E-state index in [2.05, 4.69) is 21.3 Å². The first-order chi connectivity index (χ1) is 42.0. The Bertz CT molecular complexity index is 2480. The third-order valence-electron chi connectivity index (χ3n) is 17.1. The number of hydrogen-bond acceptors (Lipinski definition) is 14. The van der Waals surface area contributed by atoms with Crippen molar-refractivity contribution in [2.24, 2.45) is 53.1 Å². The summed E-state index contributed by atoms with van der Waals surface area (Å²) in [6.07, 6.45) is 2.93. The number of rotatable bonds is 19. The van der Waals surface area contributed by atoms with Gasteiger partial charge in [0.15, 0.2) is 0 Å². The SMILES string of the molecule is C/C=C/C[C@@H](C)[C@@H](O)[C@H]1C(=O)N[C@@H](C(C)C)C(=O)N(C)[C@H](CSCCN)C(=O)N(C)[C@@H](CC(C)C)C(=O)N[C@@H](C(C)C)C(=O)N(C)C(CC(C)C)C(=O)N[C@@H](C)C(=O)N[C@H](C)C(=O)N(C)[C@@H](CC(C)C)C(=O)N(C)[C@@H](CC(C)C)C(=O)N(C)[C@@H](C(C)C)C(=O)N1C. The van der Waals surface area contributed by atoms with Gasteiger partial charge >= 0.3 is 0 Å². The van der Waals surface area contributed by atoms with Crippen LogP contribution in [0.3, 0.4) is 0 Å². The highest BCUT2D eigenvalue weighted by molar-refractivity contribution is 7.99. The molecule has 25 heteroatoms. The Kier molecular flexibility index (Phi) is 35.1. The van der Waals surface area contributed by atoms with Gasteiger partial charge in [-0.15, -0.1) is 0 Å². The lowest BCUT2D eigenvalue weighted by Gasteiger charge is -2.42. The average molecular weight is 1310 g/mol. The number of nitrogens with zero attached hydrogens (tertiary/aromatic N) is 7. The van der Waals surface area contributed by atoms with Crippen molar-refractivity contribution < 1.29 is 57.8 Å². The van der Waals surface area contributed by atoms with Crippen LogP contribution in [0.2, 0.25) is 0 Å². The maximum atomic E-state index is 15.4. The molecule has 0 aromatic carbocycles. The Morgan fingerprint density at radius 3 is 1.20 bits per heavy atom. The standard InChI is InChI=1S/C66H120N12O12S/c1-26-27-28-43(16)55(79)54-59(83)71-52(41(12)13)65(89)76(23)50(35-91-30-29-67)63(87)72(19)47(32-37(4)5)58(82)70-51(40(10)11)64(88)73(20)46(31-36(2)3)57(81)68-44(17)56(80)69-45(18)60(84)74(21)48(33-38(6)7)61(85)75(22)49(34-39(8)9)62(86)77(24)53(42(14)15)66(90)78(54)25/h26-27,36-55,79H,28-35,67H2,1-25H3,(H,68,81)(H,69,80)(H,70,82)(H,71,83)/b27-26+/t43-,44+,45-,46?,47+,48+,49+,50-,51+,52+,53+,54+,55-/m1/s1. The maximum absolute atomic E-state index is 15.4. The van der Waals surface area contributed by atoms with Gasteiger partial charge in [-0.1, -0.05) is 116 Å². The normalized spacial score (nSPS) is 26.8. The summed E-state index contributed by atoms with van der Waals surface area (Å²) in [5.74, 6) is -10.1. The third-order valence-corrected chi connectivity index (χ3v) is 18.2. The first-order valence-electron chi connectivity index (χ1n) is 32.7. The highest BCUT2D eigenvalue weighted by atomic mass is 32.2. The van der Waals surface area contributed by atoms with Crippen LogP contribution in [0, 0.1) is 47.3 Å². The summed E-state index contributed by atoms with van der Waals surface area (Å²) in [4.78, 5) is 172. The molecule has 11 amide bonds. The lowest BCUT2D eigenvalue weighted by atomic mass is 9.91. The van der Waals surface area contributed by atoms with Gasteiger partial charge in [-0.25, -0.2) is 0 Å². The van der Waals surface area contributed by atoms with E-state index in [1.54, 1.807) is 61.5 Å². The molecule has 522 valence electrons. The molecule has 1 rings (SSSR count). The Morgan fingerprint density at radius 1 is 0.429 bits per heavy atom. The smallest absolute Gasteiger partial charge is 0.246 e. The second kappa shape index (κ2) is 38.4. The molecule has 7 N–H and O–H groups in total. The molecule has 0 radical (unpaired) electrons. The lowest BCUT2D eigenvalue weighted by Crippen LogP contribution is -2.64. The molecule has 0 aliphatic carbocycles. The molecule has 0 saturated carbocycles. The molecule has 1 aliphatic rings. The fourth-order valence-electron chi connectivity index (χ4n) is 11.4. The van der Waals surface area contributed by atoms with Crippen molar-refractivity contribution in [2.75, 3.05) is 67.4 Å². The molecule has 1 fully saturated rings. The van der Waals surface area contributed by atoms with Gasteiger partial charge in [-0.2, -0.15) is 11.8 Å². The van der Waals surface area contributed by atoms with Crippen LogP contribution in [-0.4, -0.2) is 244 Å². The summed E-state index contributed by atoms with van der Waals surface area (Å²) in [7, 11) is 10.0. The monoisotopic (exact) mass is 1300 g/mol. The van der Waals surface area contributed by atoms with Crippen LogP contribution < -0.4 is 27.0 Å². The van der Waals surface area contributed by atoms with Crippen molar-refractivity contribution >= 4 is 76.7 Å². The molecule has 0 aromatic heterocycles. The van der Waals surface area contributed by atoms with E-state index >= 15 is 28.8 Å². The zero-order valence-corrected chi connectivity index (χ0v) is 60.7. The molecule has 1 heterocycles. The molecule has 0 spiro atoms. The Hall–Kier alpha value is -5.82. The summed E-state index contributed by atoms with van der Waals surface area (Å²) in [5, 5.41) is 23.5. The molecule has 13 atom stereocenters. The first kappa shape index (κ1) is 83.2. The third kappa shape index (κ3) is 23.6. The predicted octanol–water partition coefficient (Wildman–Crippen LogP) is 3.58. The molecule has 1 aliphatic heterocycles. The number of hydrogen-bond donors (Lipinski definition) is 6. The maximum Gasteiger partial charge on any atom is 0.246 e. The van der Waals surface area contributed by atoms with Gasteiger partial charge in [0.05, 0.1) is 6.10 Å². The van der Waals surface area contributed by atoms with Gasteiger partial charge < -0.3 is 66.4 Å². The Balaban J connectivity index is 4.55. The first-order valence-corrected chi connectivity index (χ1v) is 33.9. The zero-order chi connectivity index (χ0) is 70.5. The molecular formula is C66H120N12O12S. The molecule has 0 bridgehead atoms. The van der Waals surface area contributed by atoms with Gasteiger partial charge in [0.2, 0.25) is 65.0 Å². The largest absolute Gasteiger partial charge is 0.390 e. The van der Waals surface area contributed by atoms with Crippen LogP contribution in [0.25, 0.3) is 0 Å². The number of aliphatic hydroxyl groups excluding tert-OH is 1. The van der Waals surface area contributed by atoms with Crippen molar-refractivity contribution in [3.05, 3.63) is 12.2 Å². The van der Waals surface area contributed by atoms with E-state index in [1.807, 2.05) is 61.5 Å². The molecule has 0 aromatic rings. The van der Waals surface area contributed by atoms with Gasteiger partial charge in [-0.3, -0.25) is 52.7 Å². The molecule has 1 saturated heterocycles. The number of likely N-dealkylation sites (N-methyl/N-ethyl adjacent to an activating group) is 7. The Morgan fingerprint density at radius 2 is 0.780 bits per heavy atom. The molecule has 1 unspecified atom stereocenters. The summed E-state index contributed by atoms with van der Waals surface area (Å²) < 4.78 is 0. The van der Waals surface area contributed by atoms with Gasteiger partial charge in [0.1, 0.15) is 66.5 Å². The predicted molar refractivity (Wildman–Crippen MR) is 358 cm³/mol. The second-order valence-corrected chi connectivity index (χ2v) is 29.1. The quantitative estimate of drug-likeness (QED) is 0.0796. The number of thioether (sulfide) groups is 1. The van der Waals surface area contributed by atoms with E-state index in [9.17, 15) is 29.1 Å². The van der Waals surface area contributed by atoms with Crippen molar-refractivity contribution in [1.29, 1.82) is 0 Å². The van der Waals surface area contributed by atoms with Crippen LogP contribution in [0.5, 0.6) is 0 Å². The molecule has 24 nitrogen and oxygen atoms in total. The van der Waals surface area contributed by atoms with Gasteiger partial charge in [-0.05, 0) is 100 Å². The highest BCUT2D eigenvalue weighted by Gasteiger charge is 2.47. The lowest BCUT2D eigenvalue weighted by molar-refractivity contribution is -0.157. The van der Waals surface area contributed by atoms with E-state index in [-0.39, 0.29) is 61.7 Å². The number of allylic oxidation sites excluding steroid dienone is 2. The van der Waals surface area contributed by atoms with Crippen molar-refractivity contribution in [3.8, 4) is 0 Å². The number of carbonyl (C=O) groups is 11. The molecular weight excluding hydrogens is 1180 g/mol. The number of amides is 11. The van der Waals surface area contributed by atoms with Gasteiger partial charge in [0.25, 0.3) is 0 Å². The fourth-order valence-corrected chi connectivity index (χ4v) is 12.3. The van der Waals surface area contributed by atoms with Crippen LogP contribution in [-0.2, 0) is 52.7 Å². The van der Waals surface area contributed by atoms with Crippen molar-refractivity contribution in [1.82, 2.24) is 55.6 Å². The van der Waals surface area contributed by atoms with E-state index < -0.39 is 161 Å². The minimum Gasteiger partial charge on any atom is -0.390 e. The van der Waals surface area contributed by atoms with E-state index in [0.29, 0.717) is 12.2 Å². The van der Waals surface area contributed by atoms with Crippen LogP contribution in [0.4, 0.5) is 0 Å². The average Bonchev–Trinajstić information content (AvgIpc) is 0.969. The highest BCUT2D eigenvalue weighted by Crippen LogP contribution is 2.27. The van der Waals surface area contributed by atoms with Crippen LogP contribution >= 0.6 is 11.8 Å². The number of carbonyl (C=O) groups excluding carboxylic acids is 11. The molecule has 91 heavy (non-hydrogen) atoms. The number of aliphatic hydroxyl groups is 1. The van der Waals surface area contributed by atoms with Gasteiger partial charge in [0, 0.05) is 67.4 Å². The van der Waals surface area contributed by atoms with Crippen LogP contribution in [0.1, 0.15) is 157 Å². The minimum atomic E-state index is -1.65. The number of nitrogens with one attached hydrogen (secondary N) is 4.